The SMILES string of the molecule is CNC(=O)c1ccc(N)cc1SCC(O)CO. The number of hydrogen-bond donors (Lipinski definition) is 4. The Labute approximate surface area is 104 Å². The molecule has 1 aromatic rings. The van der Waals surface area contributed by atoms with Gasteiger partial charge in [0.05, 0.1) is 18.3 Å². The van der Waals surface area contributed by atoms with Crippen LogP contribution in [0.15, 0.2) is 23.1 Å². The summed E-state index contributed by atoms with van der Waals surface area (Å²) in [5.41, 5.74) is 6.72. The molecule has 0 aliphatic heterocycles. The quantitative estimate of drug-likeness (QED) is 0.442. The predicted octanol–water partition coefficient (Wildman–Crippen LogP) is 0.0737. The van der Waals surface area contributed by atoms with Gasteiger partial charge in [-0.15, -0.1) is 11.8 Å². The van der Waals surface area contributed by atoms with Gasteiger partial charge in [0.15, 0.2) is 0 Å². The number of benzene rings is 1. The van der Waals surface area contributed by atoms with Crippen LogP contribution >= 0.6 is 11.8 Å². The Bertz CT molecular complexity index is 398. The van der Waals surface area contributed by atoms with Crippen LogP contribution in [0.25, 0.3) is 0 Å². The molecule has 0 heterocycles. The molecule has 0 aliphatic rings. The van der Waals surface area contributed by atoms with Crippen LogP contribution in [0.5, 0.6) is 0 Å². The molecule has 5 N–H and O–H groups in total. The van der Waals surface area contributed by atoms with E-state index in [1.54, 1.807) is 25.2 Å². The zero-order chi connectivity index (χ0) is 12.8. The molecular formula is C11H16N2O3S. The molecule has 1 amide bonds. The smallest absolute Gasteiger partial charge is 0.252 e. The second-order valence-electron chi connectivity index (χ2n) is 3.48. The van der Waals surface area contributed by atoms with Gasteiger partial charge in [0, 0.05) is 23.4 Å². The van der Waals surface area contributed by atoms with Gasteiger partial charge in [-0.05, 0) is 18.2 Å². The van der Waals surface area contributed by atoms with Crippen molar-refractivity contribution in [3.05, 3.63) is 23.8 Å². The highest BCUT2D eigenvalue weighted by molar-refractivity contribution is 7.99. The summed E-state index contributed by atoms with van der Waals surface area (Å²) < 4.78 is 0. The van der Waals surface area contributed by atoms with Crippen molar-refractivity contribution < 1.29 is 15.0 Å². The summed E-state index contributed by atoms with van der Waals surface area (Å²) >= 11 is 1.29. The van der Waals surface area contributed by atoms with Gasteiger partial charge in [-0.2, -0.15) is 0 Å². The highest BCUT2D eigenvalue weighted by Crippen LogP contribution is 2.25. The van der Waals surface area contributed by atoms with E-state index in [4.69, 9.17) is 10.8 Å². The maximum absolute atomic E-state index is 11.6. The van der Waals surface area contributed by atoms with Crippen LogP contribution in [0.2, 0.25) is 0 Å². The van der Waals surface area contributed by atoms with Crippen molar-refractivity contribution in [1.29, 1.82) is 0 Å². The number of carbonyl (C=O) groups excluding carboxylic acids is 1. The number of nitrogens with two attached hydrogens (primary N) is 1. The third-order valence-electron chi connectivity index (χ3n) is 2.12. The molecule has 0 fully saturated rings. The third-order valence-corrected chi connectivity index (χ3v) is 3.32. The second kappa shape index (κ2) is 6.48. The van der Waals surface area contributed by atoms with E-state index in [9.17, 15) is 9.90 Å². The van der Waals surface area contributed by atoms with Gasteiger partial charge in [0.2, 0.25) is 0 Å². The molecule has 0 aromatic heterocycles. The van der Waals surface area contributed by atoms with E-state index >= 15 is 0 Å². The van der Waals surface area contributed by atoms with Gasteiger partial charge in [-0.1, -0.05) is 0 Å². The summed E-state index contributed by atoms with van der Waals surface area (Å²) in [6.07, 6.45) is -0.807. The van der Waals surface area contributed by atoms with Crippen LogP contribution in [0, 0.1) is 0 Å². The number of aliphatic hydroxyl groups excluding tert-OH is 2. The number of carbonyl (C=O) groups is 1. The van der Waals surface area contributed by atoms with E-state index in [1.807, 2.05) is 0 Å². The number of aliphatic hydroxyl groups is 2. The topological polar surface area (TPSA) is 95.6 Å². The highest BCUT2D eigenvalue weighted by atomic mass is 32.2. The Hall–Kier alpha value is -1.24. The van der Waals surface area contributed by atoms with Crippen LogP contribution in [-0.4, -0.2) is 41.6 Å². The Morgan fingerprint density at radius 3 is 2.88 bits per heavy atom. The Kier molecular flexibility index (Phi) is 5.27. The lowest BCUT2D eigenvalue weighted by Crippen LogP contribution is -2.19. The van der Waals surface area contributed by atoms with Crippen LogP contribution < -0.4 is 11.1 Å². The van der Waals surface area contributed by atoms with E-state index in [2.05, 4.69) is 5.32 Å². The molecule has 5 nitrogen and oxygen atoms in total. The van der Waals surface area contributed by atoms with Gasteiger partial charge in [0.25, 0.3) is 5.91 Å². The summed E-state index contributed by atoms with van der Waals surface area (Å²) in [4.78, 5) is 12.3. The second-order valence-corrected chi connectivity index (χ2v) is 4.54. The summed E-state index contributed by atoms with van der Waals surface area (Å²) in [5, 5.41) is 20.5. The van der Waals surface area contributed by atoms with E-state index in [1.165, 1.54) is 11.8 Å². The number of nitrogens with one attached hydrogen (secondary N) is 1. The molecule has 0 bridgehead atoms. The van der Waals surface area contributed by atoms with Crippen molar-refractivity contribution in [3.63, 3.8) is 0 Å². The minimum absolute atomic E-state index is 0.203. The number of anilines is 1. The van der Waals surface area contributed by atoms with Gasteiger partial charge >= 0.3 is 0 Å². The van der Waals surface area contributed by atoms with E-state index in [0.717, 1.165) is 0 Å². The maximum Gasteiger partial charge on any atom is 0.252 e. The molecule has 0 spiro atoms. The number of amides is 1. The minimum atomic E-state index is -0.807. The molecule has 6 heteroatoms. The molecule has 1 rings (SSSR count). The molecule has 17 heavy (non-hydrogen) atoms. The summed E-state index contributed by atoms with van der Waals surface area (Å²) in [7, 11) is 1.55. The third kappa shape index (κ3) is 3.92. The summed E-state index contributed by atoms with van der Waals surface area (Å²) in [5.74, 6) is 0.107. The number of hydrogen-bond acceptors (Lipinski definition) is 5. The molecule has 0 saturated heterocycles. The molecule has 94 valence electrons. The lowest BCUT2D eigenvalue weighted by molar-refractivity contribution is 0.0960. The van der Waals surface area contributed by atoms with Gasteiger partial charge in [-0.25, -0.2) is 0 Å². The van der Waals surface area contributed by atoms with Gasteiger partial charge in [-0.3, -0.25) is 4.79 Å². The Balaban J connectivity index is 2.87. The zero-order valence-corrected chi connectivity index (χ0v) is 10.3. The van der Waals surface area contributed by atoms with Crippen LogP contribution in [0.4, 0.5) is 5.69 Å². The first-order chi connectivity index (χ1) is 8.08. The largest absolute Gasteiger partial charge is 0.399 e. The molecule has 0 saturated carbocycles. The fourth-order valence-corrected chi connectivity index (χ4v) is 2.23. The van der Waals surface area contributed by atoms with Crippen molar-refractivity contribution in [2.75, 3.05) is 25.1 Å². The monoisotopic (exact) mass is 256 g/mol. The van der Waals surface area contributed by atoms with E-state index in [-0.39, 0.29) is 12.5 Å². The van der Waals surface area contributed by atoms with Crippen LogP contribution in [0.1, 0.15) is 10.4 Å². The van der Waals surface area contributed by atoms with Crippen molar-refractivity contribution in [1.82, 2.24) is 5.32 Å². The predicted molar refractivity (Wildman–Crippen MR) is 68.1 cm³/mol. The number of nitrogen functional groups attached to an aromatic ring is 1. The molecule has 1 aromatic carbocycles. The van der Waals surface area contributed by atoms with Crippen LogP contribution in [0.3, 0.4) is 0 Å². The fourth-order valence-electron chi connectivity index (χ4n) is 1.22. The lowest BCUT2D eigenvalue weighted by atomic mass is 10.2. The van der Waals surface area contributed by atoms with Crippen molar-refractivity contribution >= 4 is 23.4 Å². The number of thioether (sulfide) groups is 1. The van der Waals surface area contributed by atoms with Gasteiger partial charge in [0.1, 0.15) is 0 Å². The number of rotatable bonds is 5. The normalized spacial score (nSPS) is 12.2. The zero-order valence-electron chi connectivity index (χ0n) is 9.51. The van der Waals surface area contributed by atoms with E-state index < -0.39 is 6.10 Å². The van der Waals surface area contributed by atoms with E-state index in [0.29, 0.717) is 21.9 Å². The van der Waals surface area contributed by atoms with Crippen molar-refractivity contribution in [3.8, 4) is 0 Å². The van der Waals surface area contributed by atoms with Crippen LogP contribution in [-0.2, 0) is 0 Å². The Morgan fingerprint density at radius 1 is 1.59 bits per heavy atom. The average molecular weight is 256 g/mol. The first-order valence-electron chi connectivity index (χ1n) is 5.11. The molecular weight excluding hydrogens is 240 g/mol. The molecule has 0 aliphatic carbocycles. The van der Waals surface area contributed by atoms with Crippen molar-refractivity contribution in [2.45, 2.75) is 11.0 Å². The lowest BCUT2D eigenvalue weighted by Gasteiger charge is -2.11. The average Bonchev–Trinajstić information content (AvgIpc) is 2.35. The van der Waals surface area contributed by atoms with Gasteiger partial charge < -0.3 is 21.3 Å². The fraction of sp³-hybridized carbons (Fsp3) is 0.364. The van der Waals surface area contributed by atoms with Crippen molar-refractivity contribution in [2.24, 2.45) is 0 Å². The standard InChI is InChI=1S/C11H16N2O3S/c1-13-11(16)9-3-2-7(12)4-10(9)17-6-8(15)5-14/h2-4,8,14-15H,5-6,12H2,1H3,(H,13,16). The first kappa shape index (κ1) is 13.8. The Morgan fingerprint density at radius 2 is 2.29 bits per heavy atom. The summed E-state index contributed by atoms with van der Waals surface area (Å²) in [6.45, 7) is -0.301. The molecule has 0 radical (unpaired) electrons. The minimum Gasteiger partial charge on any atom is -0.399 e. The first-order valence-corrected chi connectivity index (χ1v) is 6.10. The highest BCUT2D eigenvalue weighted by Gasteiger charge is 2.12. The molecule has 1 atom stereocenters. The molecule has 1 unspecified atom stereocenters. The maximum atomic E-state index is 11.6. The summed E-state index contributed by atoms with van der Waals surface area (Å²) in [6, 6.07) is 4.97.